The second kappa shape index (κ2) is 7.77. The van der Waals surface area contributed by atoms with Crippen molar-refractivity contribution in [3.8, 4) is 0 Å². The fourth-order valence-electron chi connectivity index (χ4n) is 3.03. The largest absolute Gasteiger partial charge is 0.325 e. The first-order valence-electron chi connectivity index (χ1n) is 8.74. The first-order valence-corrected chi connectivity index (χ1v) is 9.49. The number of fused-ring (bicyclic) bond motifs is 1. The maximum Gasteiger partial charge on any atom is 0.269 e. The minimum absolute atomic E-state index is 0.0599. The normalized spacial score (nSPS) is 15.0. The summed E-state index contributed by atoms with van der Waals surface area (Å²) in [5.41, 5.74) is 1.25. The Hall–Kier alpha value is -3.43. The SMILES string of the molecule is Cc1cc(=O)n2c(n1)NC(Nc1cccc(Cl)c1Cl)=NC2c1ccc([N+](=O)[O-])cc1. The molecule has 0 saturated heterocycles. The van der Waals surface area contributed by atoms with E-state index in [2.05, 4.69) is 20.6 Å². The minimum Gasteiger partial charge on any atom is -0.325 e. The van der Waals surface area contributed by atoms with Gasteiger partial charge in [0.05, 0.1) is 20.7 Å². The Morgan fingerprint density at radius 3 is 2.63 bits per heavy atom. The van der Waals surface area contributed by atoms with E-state index in [4.69, 9.17) is 23.2 Å². The molecule has 0 radical (unpaired) electrons. The lowest BCUT2D eigenvalue weighted by Gasteiger charge is -2.27. The third kappa shape index (κ3) is 3.72. The number of benzene rings is 2. The number of halogens is 2. The molecule has 2 N–H and O–H groups in total. The van der Waals surface area contributed by atoms with Crippen LogP contribution in [0.25, 0.3) is 0 Å². The number of nitrogens with zero attached hydrogens (tertiary/aromatic N) is 4. The van der Waals surface area contributed by atoms with Crippen LogP contribution >= 0.6 is 23.2 Å². The summed E-state index contributed by atoms with van der Waals surface area (Å²) in [6.45, 7) is 1.71. The monoisotopic (exact) mass is 444 g/mol. The van der Waals surface area contributed by atoms with Crippen molar-refractivity contribution in [2.45, 2.75) is 13.1 Å². The lowest BCUT2D eigenvalue weighted by Crippen LogP contribution is -2.37. The molecule has 0 saturated carbocycles. The second-order valence-electron chi connectivity index (χ2n) is 6.48. The van der Waals surface area contributed by atoms with E-state index in [-0.39, 0.29) is 17.2 Å². The quantitative estimate of drug-likeness (QED) is 0.461. The van der Waals surface area contributed by atoms with E-state index in [1.54, 1.807) is 37.3 Å². The molecular weight excluding hydrogens is 431 g/mol. The van der Waals surface area contributed by atoms with Crippen LogP contribution in [0.3, 0.4) is 0 Å². The van der Waals surface area contributed by atoms with Crippen LogP contribution in [-0.4, -0.2) is 20.4 Å². The van der Waals surface area contributed by atoms with E-state index >= 15 is 0 Å². The van der Waals surface area contributed by atoms with E-state index in [1.165, 1.54) is 22.8 Å². The number of hydrogen-bond acceptors (Lipinski definition) is 7. The number of aryl methyl sites for hydroxylation is 1. The van der Waals surface area contributed by atoms with Crippen molar-refractivity contribution in [3.05, 3.63) is 90.3 Å². The summed E-state index contributed by atoms with van der Waals surface area (Å²) >= 11 is 12.3. The molecule has 9 nitrogen and oxygen atoms in total. The molecule has 1 aliphatic rings. The summed E-state index contributed by atoms with van der Waals surface area (Å²) in [7, 11) is 0. The van der Waals surface area contributed by atoms with Crippen LogP contribution in [0.1, 0.15) is 17.4 Å². The van der Waals surface area contributed by atoms with Gasteiger partial charge < -0.3 is 5.32 Å². The average Bonchev–Trinajstić information content (AvgIpc) is 2.70. The van der Waals surface area contributed by atoms with Crippen LogP contribution in [0.5, 0.6) is 0 Å². The van der Waals surface area contributed by atoms with Crippen molar-refractivity contribution >= 4 is 46.5 Å². The highest BCUT2D eigenvalue weighted by atomic mass is 35.5. The van der Waals surface area contributed by atoms with Crippen LogP contribution in [0.2, 0.25) is 10.0 Å². The molecule has 3 aromatic rings. The van der Waals surface area contributed by atoms with Gasteiger partial charge in [0.1, 0.15) is 0 Å². The molecule has 0 spiro atoms. The second-order valence-corrected chi connectivity index (χ2v) is 7.27. The summed E-state index contributed by atoms with van der Waals surface area (Å²) in [4.78, 5) is 32.1. The van der Waals surface area contributed by atoms with Gasteiger partial charge >= 0.3 is 0 Å². The minimum atomic E-state index is -0.789. The maximum atomic E-state index is 12.7. The molecule has 1 unspecified atom stereocenters. The number of non-ortho nitro benzene ring substituents is 1. The number of hydrogen-bond donors (Lipinski definition) is 2. The van der Waals surface area contributed by atoms with Crippen molar-refractivity contribution in [2.24, 2.45) is 4.99 Å². The van der Waals surface area contributed by atoms with Crippen LogP contribution < -0.4 is 16.2 Å². The Kier molecular flexibility index (Phi) is 5.15. The van der Waals surface area contributed by atoms with Gasteiger partial charge in [0.25, 0.3) is 11.2 Å². The average molecular weight is 445 g/mol. The Morgan fingerprint density at radius 1 is 1.20 bits per heavy atom. The van der Waals surface area contributed by atoms with Crippen molar-refractivity contribution in [1.29, 1.82) is 0 Å². The third-order valence-electron chi connectivity index (χ3n) is 4.41. The highest BCUT2D eigenvalue weighted by Gasteiger charge is 2.26. The number of nitro groups is 1. The van der Waals surface area contributed by atoms with Gasteiger partial charge in [-0.1, -0.05) is 29.3 Å². The van der Waals surface area contributed by atoms with E-state index in [9.17, 15) is 14.9 Å². The molecule has 4 rings (SSSR count). The van der Waals surface area contributed by atoms with Gasteiger partial charge in [0, 0.05) is 23.9 Å². The molecule has 2 heterocycles. The molecule has 0 aliphatic carbocycles. The number of rotatable bonds is 3. The summed E-state index contributed by atoms with van der Waals surface area (Å²) in [5, 5.41) is 17.7. The zero-order valence-electron chi connectivity index (χ0n) is 15.5. The maximum absolute atomic E-state index is 12.7. The fourth-order valence-corrected chi connectivity index (χ4v) is 3.38. The number of nitrogens with one attached hydrogen (secondary N) is 2. The zero-order chi connectivity index (χ0) is 21.4. The van der Waals surface area contributed by atoms with Crippen molar-refractivity contribution in [1.82, 2.24) is 9.55 Å². The number of guanidine groups is 1. The molecule has 152 valence electrons. The van der Waals surface area contributed by atoms with Gasteiger partial charge in [-0.2, -0.15) is 0 Å². The zero-order valence-corrected chi connectivity index (χ0v) is 17.0. The summed E-state index contributed by atoms with van der Waals surface area (Å²) < 4.78 is 1.37. The lowest BCUT2D eigenvalue weighted by molar-refractivity contribution is -0.384. The lowest BCUT2D eigenvalue weighted by atomic mass is 10.1. The highest BCUT2D eigenvalue weighted by Crippen LogP contribution is 2.31. The summed E-state index contributed by atoms with van der Waals surface area (Å²) in [6, 6.07) is 12.3. The van der Waals surface area contributed by atoms with E-state index in [1.807, 2.05) is 0 Å². The predicted octanol–water partition coefficient (Wildman–Crippen LogP) is 4.21. The Morgan fingerprint density at radius 2 is 1.93 bits per heavy atom. The van der Waals surface area contributed by atoms with Crippen molar-refractivity contribution in [2.75, 3.05) is 10.6 Å². The van der Waals surface area contributed by atoms with E-state index < -0.39 is 11.1 Å². The van der Waals surface area contributed by atoms with Gasteiger partial charge in [-0.15, -0.1) is 0 Å². The van der Waals surface area contributed by atoms with Gasteiger partial charge in [-0.05, 0) is 36.8 Å². The van der Waals surface area contributed by atoms with E-state index in [0.717, 1.165) is 0 Å². The summed E-state index contributed by atoms with van der Waals surface area (Å²) in [6.07, 6.45) is -0.789. The van der Waals surface area contributed by atoms with Gasteiger partial charge in [0.15, 0.2) is 6.17 Å². The van der Waals surface area contributed by atoms with E-state index in [0.29, 0.717) is 32.9 Å². The Labute approximate surface area is 180 Å². The Bertz CT molecular complexity index is 1240. The van der Waals surface area contributed by atoms with Crippen LogP contribution in [0.4, 0.5) is 17.3 Å². The number of anilines is 2. The van der Waals surface area contributed by atoms with Crippen LogP contribution in [0, 0.1) is 17.0 Å². The van der Waals surface area contributed by atoms with Crippen LogP contribution in [0.15, 0.2) is 58.3 Å². The molecule has 0 amide bonds. The molecule has 1 aliphatic heterocycles. The van der Waals surface area contributed by atoms with Gasteiger partial charge in [-0.3, -0.25) is 24.8 Å². The topological polar surface area (TPSA) is 114 Å². The molecule has 0 bridgehead atoms. The third-order valence-corrected chi connectivity index (χ3v) is 5.23. The molecule has 1 atom stereocenters. The fraction of sp³-hybridized carbons (Fsp3) is 0.105. The molecular formula is C19H14Cl2N6O3. The highest BCUT2D eigenvalue weighted by molar-refractivity contribution is 6.44. The molecule has 0 fully saturated rings. The first-order chi connectivity index (χ1) is 14.3. The number of nitro benzene ring substituents is 1. The standard InChI is InChI=1S/C19H14Cl2N6O3/c1-10-9-15(28)26-17(11-5-7-12(8-6-11)27(29)30)24-18(25-19(26)22-10)23-14-4-2-3-13(20)16(14)21/h2-9,17H,1H3,(H2,22,23,24,25). The Balaban J connectivity index is 1.80. The smallest absolute Gasteiger partial charge is 0.269 e. The van der Waals surface area contributed by atoms with Crippen LogP contribution in [-0.2, 0) is 0 Å². The molecule has 30 heavy (non-hydrogen) atoms. The molecule has 1 aromatic heterocycles. The predicted molar refractivity (Wildman–Crippen MR) is 116 cm³/mol. The van der Waals surface area contributed by atoms with Crippen molar-refractivity contribution in [3.63, 3.8) is 0 Å². The first kappa shape index (κ1) is 19.9. The van der Waals surface area contributed by atoms with Gasteiger partial charge in [-0.25, -0.2) is 9.98 Å². The summed E-state index contributed by atoms with van der Waals surface area (Å²) in [5.74, 6) is 0.569. The number of aromatic nitrogens is 2. The number of aliphatic imine (C=N–C) groups is 1. The molecule has 2 aromatic carbocycles. The van der Waals surface area contributed by atoms with Gasteiger partial charge in [0.2, 0.25) is 11.9 Å². The van der Waals surface area contributed by atoms with Crippen molar-refractivity contribution < 1.29 is 4.92 Å². The molecule has 11 heteroatoms.